The number of hydrogen-bond acceptors (Lipinski definition) is 15. The average Bonchev–Trinajstić information content (AvgIpc) is 0.998. The second-order valence-electron chi connectivity index (χ2n) is 29.8. The molecule has 588 valence electrons. The van der Waals surface area contributed by atoms with E-state index in [0.29, 0.717) is 25.7 Å². The van der Waals surface area contributed by atoms with Crippen LogP contribution in [0.2, 0.25) is 0 Å². The molecule has 0 aromatic rings. The van der Waals surface area contributed by atoms with Crippen molar-refractivity contribution in [1.29, 1.82) is 0 Å². The topological polar surface area (TPSA) is 237 Å². The zero-order chi connectivity index (χ0) is 72.8. The Morgan fingerprint density at radius 1 is 0.273 bits per heavy atom. The number of phosphoric ester groups is 2. The zero-order valence-electron chi connectivity index (χ0n) is 64.8. The number of esters is 4. The molecular weight excluding hydrogens is 1290 g/mol. The van der Waals surface area contributed by atoms with Gasteiger partial charge in [0.25, 0.3) is 0 Å². The number of aliphatic hydroxyl groups is 1. The summed E-state index contributed by atoms with van der Waals surface area (Å²) in [5, 5.41) is 10.6. The molecule has 0 saturated heterocycles. The lowest BCUT2D eigenvalue weighted by Gasteiger charge is -2.21. The maximum Gasteiger partial charge on any atom is 0.472 e. The van der Waals surface area contributed by atoms with Gasteiger partial charge in [0.1, 0.15) is 19.3 Å². The van der Waals surface area contributed by atoms with E-state index in [9.17, 15) is 43.2 Å². The molecule has 0 aromatic heterocycles. The van der Waals surface area contributed by atoms with Crippen LogP contribution in [0.5, 0.6) is 0 Å². The van der Waals surface area contributed by atoms with Crippen molar-refractivity contribution < 1.29 is 80.2 Å². The molecule has 0 amide bonds. The molecule has 0 aliphatic heterocycles. The molecule has 5 atom stereocenters. The highest BCUT2D eigenvalue weighted by molar-refractivity contribution is 7.47. The molecule has 3 N–H and O–H groups in total. The van der Waals surface area contributed by atoms with Gasteiger partial charge in [0.15, 0.2) is 12.2 Å². The van der Waals surface area contributed by atoms with Gasteiger partial charge in [-0.2, -0.15) is 0 Å². The number of carbonyl (C=O) groups excluding carboxylic acids is 4. The van der Waals surface area contributed by atoms with E-state index in [4.69, 9.17) is 37.0 Å². The van der Waals surface area contributed by atoms with Crippen LogP contribution >= 0.6 is 15.6 Å². The van der Waals surface area contributed by atoms with Crippen molar-refractivity contribution in [3.8, 4) is 0 Å². The fraction of sp³-hybridized carbons (Fsp3) is 0.950. The molecule has 19 heteroatoms. The van der Waals surface area contributed by atoms with E-state index in [1.165, 1.54) is 238 Å². The van der Waals surface area contributed by atoms with E-state index in [1.807, 2.05) is 0 Å². The first-order valence-corrected chi connectivity index (χ1v) is 44.5. The van der Waals surface area contributed by atoms with Gasteiger partial charge in [-0.05, 0) is 37.5 Å². The van der Waals surface area contributed by atoms with Gasteiger partial charge < -0.3 is 33.8 Å². The molecule has 2 unspecified atom stereocenters. The average molecular weight is 1450 g/mol. The van der Waals surface area contributed by atoms with Gasteiger partial charge >= 0.3 is 39.5 Å². The first-order valence-electron chi connectivity index (χ1n) is 41.5. The lowest BCUT2D eigenvalue weighted by molar-refractivity contribution is -0.161. The predicted octanol–water partition coefficient (Wildman–Crippen LogP) is 23.9. The van der Waals surface area contributed by atoms with E-state index in [0.717, 1.165) is 102 Å². The zero-order valence-corrected chi connectivity index (χ0v) is 66.6. The minimum Gasteiger partial charge on any atom is -0.462 e. The lowest BCUT2D eigenvalue weighted by Crippen LogP contribution is -2.30. The first kappa shape index (κ1) is 97.1. The molecule has 0 fully saturated rings. The minimum atomic E-state index is -4.96. The van der Waals surface area contributed by atoms with Gasteiger partial charge in [0.2, 0.25) is 0 Å². The van der Waals surface area contributed by atoms with Crippen LogP contribution < -0.4 is 0 Å². The van der Waals surface area contributed by atoms with Crippen LogP contribution in [0.4, 0.5) is 0 Å². The molecule has 17 nitrogen and oxygen atoms in total. The van der Waals surface area contributed by atoms with Crippen LogP contribution in [0.1, 0.15) is 420 Å². The summed E-state index contributed by atoms with van der Waals surface area (Å²) in [6.45, 7) is 9.64. The Balaban J connectivity index is 5.26. The molecule has 99 heavy (non-hydrogen) atoms. The number of hydrogen-bond donors (Lipinski definition) is 3. The van der Waals surface area contributed by atoms with E-state index in [-0.39, 0.29) is 25.7 Å². The molecule has 0 rings (SSSR count). The third-order valence-electron chi connectivity index (χ3n) is 18.7. The van der Waals surface area contributed by atoms with Crippen molar-refractivity contribution in [2.24, 2.45) is 11.8 Å². The highest BCUT2D eigenvalue weighted by atomic mass is 31.2. The smallest absolute Gasteiger partial charge is 0.462 e. The Hall–Kier alpha value is -1.94. The van der Waals surface area contributed by atoms with E-state index >= 15 is 0 Å². The molecular formula is C80H156O17P2. The van der Waals surface area contributed by atoms with Crippen molar-refractivity contribution in [1.82, 2.24) is 0 Å². The predicted molar refractivity (Wildman–Crippen MR) is 405 cm³/mol. The van der Waals surface area contributed by atoms with Crippen LogP contribution in [0.3, 0.4) is 0 Å². The van der Waals surface area contributed by atoms with Crippen molar-refractivity contribution in [2.75, 3.05) is 39.6 Å². The maximum atomic E-state index is 13.1. The highest BCUT2D eigenvalue weighted by Gasteiger charge is 2.30. The van der Waals surface area contributed by atoms with Gasteiger partial charge in [-0.3, -0.25) is 37.3 Å². The summed E-state index contributed by atoms with van der Waals surface area (Å²) in [6, 6.07) is 0. The summed E-state index contributed by atoms with van der Waals surface area (Å²) in [7, 11) is -9.92. The fourth-order valence-corrected chi connectivity index (χ4v) is 13.9. The molecule has 0 aliphatic rings. The molecule has 0 aliphatic carbocycles. The number of aliphatic hydroxyl groups excluding tert-OH is 1. The molecule has 0 bridgehead atoms. The standard InChI is InChI=1S/C80H156O17P2/c1-7-9-11-13-15-17-19-21-23-24-25-29-34-40-47-53-59-65-80(85)96-75(68-90-77(82)62-56-50-44-38-32-30-26-27-31-36-42-48-54-60-72(3)4)70-94-98(86,87)92-66-74(81)67-93-99(88,89)95-71-76(69-91-78(83)63-57-51-45-41-35-37-43-49-55-61-73(5)6)97-79(84)64-58-52-46-39-33-28-22-20-18-16-14-12-10-8-2/h72-76,81H,7-71H2,1-6H3,(H,86,87)(H,88,89)/t74-,75-,76-/m1/s1. The third kappa shape index (κ3) is 74.1. The van der Waals surface area contributed by atoms with Crippen molar-refractivity contribution >= 4 is 39.5 Å². The summed E-state index contributed by atoms with van der Waals surface area (Å²) >= 11 is 0. The Bertz CT molecular complexity index is 1910. The van der Waals surface area contributed by atoms with Gasteiger partial charge in [-0.25, -0.2) is 9.13 Å². The molecule has 0 heterocycles. The highest BCUT2D eigenvalue weighted by Crippen LogP contribution is 2.45. The Morgan fingerprint density at radius 3 is 0.687 bits per heavy atom. The maximum absolute atomic E-state index is 13.1. The summed E-state index contributed by atoms with van der Waals surface area (Å²) in [5.41, 5.74) is 0. The van der Waals surface area contributed by atoms with E-state index in [1.54, 1.807) is 0 Å². The van der Waals surface area contributed by atoms with Gasteiger partial charge in [0, 0.05) is 25.7 Å². The van der Waals surface area contributed by atoms with Crippen molar-refractivity contribution in [3.05, 3.63) is 0 Å². The fourth-order valence-electron chi connectivity index (χ4n) is 12.4. The molecule has 0 aromatic carbocycles. The second-order valence-corrected chi connectivity index (χ2v) is 32.7. The van der Waals surface area contributed by atoms with Crippen LogP contribution in [-0.2, 0) is 65.4 Å². The van der Waals surface area contributed by atoms with Crippen LogP contribution in [0.25, 0.3) is 0 Å². The molecule has 0 saturated carbocycles. The normalized spacial score (nSPS) is 13.9. The summed E-state index contributed by atoms with van der Waals surface area (Å²) in [5.74, 6) is -0.572. The molecule has 0 radical (unpaired) electrons. The van der Waals surface area contributed by atoms with Crippen LogP contribution in [0, 0.1) is 11.8 Å². The Labute approximate surface area is 607 Å². The van der Waals surface area contributed by atoms with Gasteiger partial charge in [0.05, 0.1) is 26.4 Å². The van der Waals surface area contributed by atoms with Crippen molar-refractivity contribution in [3.63, 3.8) is 0 Å². The number of carbonyl (C=O) groups is 4. The van der Waals surface area contributed by atoms with Crippen LogP contribution in [0.15, 0.2) is 0 Å². The molecule has 0 spiro atoms. The lowest BCUT2D eigenvalue weighted by atomic mass is 10.0. The van der Waals surface area contributed by atoms with Crippen molar-refractivity contribution in [2.45, 2.75) is 439 Å². The summed E-state index contributed by atoms with van der Waals surface area (Å²) in [6.07, 6.45) is 60.9. The minimum absolute atomic E-state index is 0.108. The van der Waals surface area contributed by atoms with Crippen LogP contribution in [-0.4, -0.2) is 96.7 Å². The first-order chi connectivity index (χ1) is 47.9. The monoisotopic (exact) mass is 1450 g/mol. The largest absolute Gasteiger partial charge is 0.472 e. The number of phosphoric acid groups is 2. The Kier molecular flexibility index (Phi) is 70.3. The SMILES string of the molecule is CCCCCCCCCCCCCCCCCCCC(=O)O[C@H](COC(=O)CCCCCCCCCCCCCCCC(C)C)COP(=O)(O)OC[C@@H](O)COP(=O)(O)OC[C@@H](COC(=O)CCCCCCCCCCCC(C)C)OC(=O)CCCCCCCCCCCCCCCC. The van der Waals surface area contributed by atoms with Gasteiger partial charge in [-0.15, -0.1) is 0 Å². The quantitative estimate of drug-likeness (QED) is 0.0222. The summed E-state index contributed by atoms with van der Waals surface area (Å²) in [4.78, 5) is 73.0. The number of rotatable bonds is 79. The Morgan fingerprint density at radius 2 is 0.465 bits per heavy atom. The van der Waals surface area contributed by atoms with E-state index in [2.05, 4.69) is 41.5 Å². The van der Waals surface area contributed by atoms with Gasteiger partial charge in [-0.1, -0.05) is 369 Å². The summed E-state index contributed by atoms with van der Waals surface area (Å²) < 4.78 is 68.7. The number of ether oxygens (including phenoxy) is 4. The van der Waals surface area contributed by atoms with E-state index < -0.39 is 97.5 Å². The second kappa shape index (κ2) is 71.7. The third-order valence-corrected chi connectivity index (χ3v) is 20.6. The number of unbranched alkanes of at least 4 members (excludes halogenated alkanes) is 49.